The van der Waals surface area contributed by atoms with Crippen LogP contribution in [-0.2, 0) is 9.53 Å². The number of hydrogen-bond acceptors (Lipinski definition) is 3. The van der Waals surface area contributed by atoms with Crippen molar-refractivity contribution in [3.8, 4) is 0 Å². The Hall–Kier alpha value is -2.82. The van der Waals surface area contributed by atoms with Gasteiger partial charge in [0, 0.05) is 11.6 Å². The van der Waals surface area contributed by atoms with Crippen LogP contribution in [0, 0.1) is 23.0 Å². The Morgan fingerprint density at radius 2 is 1.65 bits per heavy atom. The normalized spacial score (nSPS) is 19.8. The number of benzene rings is 2. The number of allylic oxidation sites excluding steroid dienone is 2. The van der Waals surface area contributed by atoms with Crippen LogP contribution in [0.25, 0.3) is 5.57 Å². The second-order valence-electron chi connectivity index (χ2n) is 6.22. The van der Waals surface area contributed by atoms with Crippen molar-refractivity contribution in [2.24, 2.45) is 5.92 Å². The quantitative estimate of drug-likeness (QED) is 0.806. The zero-order valence-corrected chi connectivity index (χ0v) is 14.3. The van der Waals surface area contributed by atoms with Gasteiger partial charge in [-0.15, -0.1) is 0 Å². The second kappa shape index (κ2) is 7.60. The molecule has 0 aliphatic heterocycles. The molecule has 1 N–H and O–H groups in total. The lowest BCUT2D eigenvalue weighted by atomic mass is 9.73. The number of rotatable bonds is 4. The molecule has 134 valence electrons. The van der Waals surface area contributed by atoms with Crippen LogP contribution in [-0.4, -0.2) is 18.3 Å². The Kier molecular flexibility index (Phi) is 5.26. The molecule has 0 saturated heterocycles. The van der Waals surface area contributed by atoms with E-state index in [9.17, 15) is 13.6 Å². The number of nitrogens with one attached hydrogen (secondary N) is 1. The molecule has 2 aromatic rings. The zero-order chi connectivity index (χ0) is 18.7. The van der Waals surface area contributed by atoms with Gasteiger partial charge in [-0.25, -0.2) is 8.78 Å². The largest absolute Gasteiger partial charge is 0.465 e. The summed E-state index contributed by atoms with van der Waals surface area (Å²) in [6.45, 7) is 1.95. The average Bonchev–Trinajstić information content (AvgIpc) is 2.62. The average molecular weight is 355 g/mol. The first kappa shape index (κ1) is 18.0. The smallest absolute Gasteiger partial charge is 0.315 e. The van der Waals surface area contributed by atoms with Crippen molar-refractivity contribution in [1.82, 2.24) is 0 Å². The molecule has 1 aliphatic rings. The van der Waals surface area contributed by atoms with E-state index in [1.165, 1.54) is 24.3 Å². The van der Waals surface area contributed by atoms with Gasteiger partial charge in [0.05, 0.1) is 6.61 Å². The van der Waals surface area contributed by atoms with Crippen LogP contribution < -0.4 is 0 Å². The van der Waals surface area contributed by atoms with Crippen LogP contribution in [0.3, 0.4) is 0 Å². The summed E-state index contributed by atoms with van der Waals surface area (Å²) in [7, 11) is 0. The Balaban J connectivity index is 2.01. The van der Waals surface area contributed by atoms with Crippen LogP contribution in [0.15, 0.2) is 54.6 Å². The Morgan fingerprint density at radius 1 is 1.08 bits per heavy atom. The minimum Gasteiger partial charge on any atom is -0.465 e. The molecule has 0 spiro atoms. The summed E-state index contributed by atoms with van der Waals surface area (Å²) in [6.07, 6.45) is 2.12. The lowest BCUT2D eigenvalue weighted by Crippen LogP contribution is -2.33. The van der Waals surface area contributed by atoms with E-state index < -0.39 is 11.9 Å². The van der Waals surface area contributed by atoms with Crippen molar-refractivity contribution in [3.05, 3.63) is 77.4 Å². The minimum absolute atomic E-state index is 0.142. The predicted octanol–water partition coefficient (Wildman–Crippen LogP) is 4.73. The summed E-state index contributed by atoms with van der Waals surface area (Å²) in [5, 5.41) is 8.37. The van der Waals surface area contributed by atoms with Gasteiger partial charge in [0.2, 0.25) is 0 Å². The molecule has 0 heterocycles. The Bertz CT molecular complexity index is 841. The topological polar surface area (TPSA) is 50.2 Å². The summed E-state index contributed by atoms with van der Waals surface area (Å²) < 4.78 is 31.7. The molecule has 0 radical (unpaired) electrons. The monoisotopic (exact) mass is 355 g/mol. The van der Waals surface area contributed by atoms with E-state index in [0.717, 1.165) is 16.7 Å². The summed E-state index contributed by atoms with van der Waals surface area (Å²) >= 11 is 0. The fraction of sp³-hybridized carbons (Fsp3) is 0.238. The molecule has 0 amide bonds. The highest BCUT2D eigenvalue weighted by molar-refractivity contribution is 6.12. The maximum atomic E-state index is 13.3. The number of hydrogen-bond donors (Lipinski definition) is 1. The number of carbonyl (C=O) groups excluding carboxylic acids is 1. The first-order valence-corrected chi connectivity index (χ1v) is 8.46. The number of halogens is 2. The summed E-state index contributed by atoms with van der Waals surface area (Å²) in [5.41, 5.74) is 2.54. The highest BCUT2D eigenvalue weighted by Gasteiger charge is 2.37. The molecular weight excluding hydrogens is 336 g/mol. The third kappa shape index (κ3) is 3.72. The van der Waals surface area contributed by atoms with Crippen molar-refractivity contribution in [1.29, 1.82) is 5.41 Å². The van der Waals surface area contributed by atoms with Crippen LogP contribution in [0.4, 0.5) is 8.78 Å². The van der Waals surface area contributed by atoms with Crippen LogP contribution >= 0.6 is 0 Å². The van der Waals surface area contributed by atoms with Gasteiger partial charge in [0.15, 0.2) is 0 Å². The lowest BCUT2D eigenvalue weighted by molar-refractivity contribution is -0.146. The maximum absolute atomic E-state index is 13.3. The number of carbonyl (C=O) groups is 1. The van der Waals surface area contributed by atoms with Crippen molar-refractivity contribution in [3.63, 3.8) is 0 Å². The fourth-order valence-electron chi connectivity index (χ4n) is 3.32. The van der Waals surface area contributed by atoms with Gasteiger partial charge in [0.25, 0.3) is 0 Å². The molecule has 2 aromatic carbocycles. The van der Waals surface area contributed by atoms with Gasteiger partial charge in [-0.2, -0.15) is 0 Å². The van der Waals surface area contributed by atoms with Crippen molar-refractivity contribution in [2.75, 3.05) is 6.61 Å². The third-order valence-electron chi connectivity index (χ3n) is 4.56. The lowest BCUT2D eigenvalue weighted by Gasteiger charge is -2.31. The fourth-order valence-corrected chi connectivity index (χ4v) is 3.32. The molecule has 3 rings (SSSR count). The zero-order valence-electron chi connectivity index (χ0n) is 14.3. The van der Waals surface area contributed by atoms with E-state index in [-0.39, 0.29) is 29.9 Å². The van der Waals surface area contributed by atoms with Gasteiger partial charge in [0.1, 0.15) is 17.6 Å². The van der Waals surface area contributed by atoms with E-state index in [1.807, 2.05) is 0 Å². The minimum atomic E-state index is -0.746. The maximum Gasteiger partial charge on any atom is 0.315 e. The van der Waals surface area contributed by atoms with E-state index >= 15 is 0 Å². The molecule has 5 heteroatoms. The molecule has 1 aliphatic carbocycles. The third-order valence-corrected chi connectivity index (χ3v) is 4.56. The van der Waals surface area contributed by atoms with E-state index in [4.69, 9.17) is 10.1 Å². The molecule has 0 aromatic heterocycles. The van der Waals surface area contributed by atoms with Gasteiger partial charge >= 0.3 is 5.97 Å². The highest BCUT2D eigenvalue weighted by atomic mass is 19.1. The predicted molar refractivity (Wildman–Crippen MR) is 96.0 cm³/mol. The number of ether oxygens (including phenoxy) is 1. The first-order chi connectivity index (χ1) is 12.5. The molecule has 26 heavy (non-hydrogen) atoms. The van der Waals surface area contributed by atoms with Gasteiger partial charge < -0.3 is 10.1 Å². The molecule has 0 bridgehead atoms. The van der Waals surface area contributed by atoms with E-state index in [1.54, 1.807) is 37.3 Å². The molecule has 0 saturated carbocycles. The van der Waals surface area contributed by atoms with Crippen LogP contribution in [0.1, 0.15) is 30.4 Å². The molecular formula is C21H19F2NO2. The van der Waals surface area contributed by atoms with Crippen LogP contribution in [0.2, 0.25) is 0 Å². The Labute approximate surface area is 150 Å². The van der Waals surface area contributed by atoms with Crippen molar-refractivity contribution in [2.45, 2.75) is 19.3 Å². The molecule has 0 fully saturated rings. The van der Waals surface area contributed by atoms with Gasteiger partial charge in [-0.05, 0) is 60.4 Å². The van der Waals surface area contributed by atoms with E-state index in [2.05, 4.69) is 0 Å². The van der Waals surface area contributed by atoms with Gasteiger partial charge in [-0.3, -0.25) is 4.79 Å². The molecule has 2 unspecified atom stereocenters. The molecule has 2 atom stereocenters. The second-order valence-corrected chi connectivity index (χ2v) is 6.22. The van der Waals surface area contributed by atoms with Crippen molar-refractivity contribution < 1.29 is 18.3 Å². The van der Waals surface area contributed by atoms with Crippen LogP contribution in [0.5, 0.6) is 0 Å². The standard InChI is InChI=1S/C21H19F2NO2/c1-2-26-21(25)20-18(14-5-9-17(23)10-6-14)11-15(12-19(20)24)13-3-7-16(22)8-4-13/h3-10,12,18,20,24H,2,11H2,1H3. The highest BCUT2D eigenvalue weighted by Crippen LogP contribution is 2.40. The first-order valence-electron chi connectivity index (χ1n) is 8.46. The summed E-state index contributed by atoms with van der Waals surface area (Å²) in [4.78, 5) is 12.4. The van der Waals surface area contributed by atoms with E-state index in [0.29, 0.717) is 6.42 Å². The molecule has 3 nitrogen and oxygen atoms in total. The SMILES string of the molecule is CCOC(=O)C1C(=N)C=C(c2ccc(F)cc2)CC1c1ccc(F)cc1. The van der Waals surface area contributed by atoms with Gasteiger partial charge in [-0.1, -0.05) is 24.3 Å². The summed E-state index contributed by atoms with van der Waals surface area (Å²) in [5.74, 6) is -2.24. The number of esters is 1. The summed E-state index contributed by atoms with van der Waals surface area (Å²) in [6, 6.07) is 12.0. The van der Waals surface area contributed by atoms with Crippen molar-refractivity contribution >= 4 is 17.3 Å². The Morgan fingerprint density at radius 3 is 2.23 bits per heavy atom.